The van der Waals surface area contributed by atoms with Crippen molar-refractivity contribution < 1.29 is 0 Å². The molecule has 108 valence electrons. The second-order valence-electron chi connectivity index (χ2n) is 5.77. The number of imidazole rings is 1. The van der Waals surface area contributed by atoms with Gasteiger partial charge in [-0.2, -0.15) is 0 Å². The molecule has 0 fully saturated rings. The summed E-state index contributed by atoms with van der Waals surface area (Å²) < 4.78 is 2.12. The van der Waals surface area contributed by atoms with Crippen molar-refractivity contribution in [3.05, 3.63) is 58.9 Å². The van der Waals surface area contributed by atoms with Crippen LogP contribution in [0.4, 0.5) is 0 Å². The Bertz CT molecular complexity index is 730. The maximum atomic E-state index is 4.73. The molecule has 0 aliphatic heterocycles. The van der Waals surface area contributed by atoms with Crippen LogP contribution in [0.15, 0.2) is 42.0 Å². The molecule has 3 aromatic rings. The van der Waals surface area contributed by atoms with Gasteiger partial charge in [-0.05, 0) is 31.0 Å². The summed E-state index contributed by atoms with van der Waals surface area (Å²) in [7, 11) is 2.07. The van der Waals surface area contributed by atoms with Crippen molar-refractivity contribution in [2.24, 2.45) is 0 Å². The fourth-order valence-electron chi connectivity index (χ4n) is 3.55. The summed E-state index contributed by atoms with van der Waals surface area (Å²) >= 11 is 1.70. The molecule has 21 heavy (non-hydrogen) atoms. The Kier molecular flexibility index (Phi) is 3.28. The molecule has 2 heterocycles. The first-order chi connectivity index (χ1) is 10.3. The molecule has 4 rings (SSSR count). The summed E-state index contributed by atoms with van der Waals surface area (Å²) in [6, 6.07) is 9.34. The number of hydrogen-bond donors (Lipinski definition) is 1. The zero-order chi connectivity index (χ0) is 14.2. The summed E-state index contributed by atoms with van der Waals surface area (Å²) in [5, 5.41) is 5.60. The second-order valence-corrected chi connectivity index (χ2v) is 6.64. The molecule has 2 unspecified atom stereocenters. The first kappa shape index (κ1) is 13.0. The van der Waals surface area contributed by atoms with E-state index in [9.17, 15) is 0 Å². The normalized spacial score (nSPS) is 19.0. The van der Waals surface area contributed by atoms with Crippen LogP contribution < -0.4 is 5.32 Å². The van der Waals surface area contributed by atoms with E-state index < -0.39 is 0 Å². The van der Waals surface area contributed by atoms with Crippen LogP contribution in [0.5, 0.6) is 0 Å². The molecule has 2 atom stereocenters. The van der Waals surface area contributed by atoms with Gasteiger partial charge in [-0.3, -0.25) is 4.40 Å². The van der Waals surface area contributed by atoms with Crippen LogP contribution in [0.2, 0.25) is 0 Å². The minimum Gasteiger partial charge on any atom is -0.316 e. The summed E-state index contributed by atoms with van der Waals surface area (Å²) in [6.45, 7) is 0. The number of aromatic nitrogens is 2. The van der Waals surface area contributed by atoms with Crippen molar-refractivity contribution in [3.8, 4) is 0 Å². The smallest absolute Gasteiger partial charge is 0.193 e. The number of nitrogens with zero attached hydrogens (tertiary/aromatic N) is 2. The van der Waals surface area contributed by atoms with E-state index in [4.69, 9.17) is 4.98 Å². The molecule has 1 N–H and O–H groups in total. The molecule has 1 aliphatic carbocycles. The van der Waals surface area contributed by atoms with Crippen LogP contribution in [0.1, 0.15) is 29.2 Å². The van der Waals surface area contributed by atoms with Gasteiger partial charge in [-0.1, -0.05) is 24.3 Å². The molecule has 1 aromatic carbocycles. The molecule has 0 saturated carbocycles. The van der Waals surface area contributed by atoms with Gasteiger partial charge in [-0.25, -0.2) is 4.98 Å². The van der Waals surface area contributed by atoms with Gasteiger partial charge in [0, 0.05) is 36.2 Å². The molecule has 1 aliphatic rings. The molecule has 2 aromatic heterocycles. The number of likely N-dealkylation sites (N-methyl/N-ethyl adjacent to an activating group) is 1. The van der Waals surface area contributed by atoms with E-state index in [0.717, 1.165) is 11.4 Å². The standard InChI is InChI=1S/C17H19N3S/c1-18-16(10-13-11-20-8-9-21-17(20)19-13)15-7-6-12-4-2-3-5-14(12)15/h2-5,8-9,11,15-16,18H,6-7,10H2,1H3. The second kappa shape index (κ2) is 5.28. The highest BCUT2D eigenvalue weighted by molar-refractivity contribution is 7.15. The SMILES string of the molecule is CNC(Cc1cn2ccsc2n1)C1CCc2ccccc21. The Balaban J connectivity index is 1.59. The number of rotatable bonds is 4. The van der Waals surface area contributed by atoms with Crippen molar-refractivity contribution in [3.63, 3.8) is 0 Å². The van der Waals surface area contributed by atoms with Crippen molar-refractivity contribution in [1.29, 1.82) is 0 Å². The molecule has 3 nitrogen and oxygen atoms in total. The van der Waals surface area contributed by atoms with Crippen LogP contribution in [0.3, 0.4) is 0 Å². The molecule has 4 heteroatoms. The number of thiazole rings is 1. The summed E-state index contributed by atoms with van der Waals surface area (Å²) in [5.41, 5.74) is 4.23. The number of benzene rings is 1. The van der Waals surface area contributed by atoms with Crippen LogP contribution in [0.25, 0.3) is 4.96 Å². The highest BCUT2D eigenvalue weighted by Crippen LogP contribution is 2.36. The highest BCUT2D eigenvalue weighted by atomic mass is 32.1. The Hall–Kier alpha value is -1.65. The fraction of sp³-hybridized carbons (Fsp3) is 0.353. The third kappa shape index (κ3) is 2.28. The highest BCUT2D eigenvalue weighted by Gasteiger charge is 2.29. The van der Waals surface area contributed by atoms with Gasteiger partial charge >= 0.3 is 0 Å². The Labute approximate surface area is 128 Å². The minimum atomic E-state index is 0.457. The quantitative estimate of drug-likeness (QED) is 0.801. The first-order valence-electron chi connectivity index (χ1n) is 7.51. The Morgan fingerprint density at radius 2 is 2.33 bits per heavy atom. The van der Waals surface area contributed by atoms with E-state index in [1.807, 2.05) is 0 Å². The van der Waals surface area contributed by atoms with Gasteiger partial charge in [-0.15, -0.1) is 11.3 Å². The third-order valence-corrected chi connectivity index (χ3v) is 5.38. The topological polar surface area (TPSA) is 29.3 Å². The lowest BCUT2D eigenvalue weighted by Gasteiger charge is -2.23. The molecule has 0 saturated heterocycles. The fourth-order valence-corrected chi connectivity index (χ4v) is 4.27. The maximum absolute atomic E-state index is 4.73. The lowest BCUT2D eigenvalue weighted by Crippen LogP contribution is -2.33. The van der Waals surface area contributed by atoms with Crippen LogP contribution in [-0.4, -0.2) is 22.5 Å². The average molecular weight is 297 g/mol. The summed E-state index contributed by atoms with van der Waals surface area (Å²) in [6.07, 6.45) is 7.68. The number of aryl methyl sites for hydroxylation is 1. The van der Waals surface area contributed by atoms with E-state index in [1.165, 1.54) is 29.7 Å². The van der Waals surface area contributed by atoms with E-state index in [0.29, 0.717) is 12.0 Å². The molecule has 0 radical (unpaired) electrons. The van der Waals surface area contributed by atoms with Gasteiger partial charge in [0.2, 0.25) is 0 Å². The van der Waals surface area contributed by atoms with Gasteiger partial charge in [0.15, 0.2) is 4.96 Å². The maximum Gasteiger partial charge on any atom is 0.193 e. The molecular formula is C17H19N3S. The molecule has 0 spiro atoms. The largest absolute Gasteiger partial charge is 0.316 e. The van der Waals surface area contributed by atoms with E-state index >= 15 is 0 Å². The van der Waals surface area contributed by atoms with Crippen molar-refractivity contribution in [2.75, 3.05) is 7.05 Å². The monoisotopic (exact) mass is 297 g/mol. The molecular weight excluding hydrogens is 278 g/mol. The minimum absolute atomic E-state index is 0.457. The van der Waals surface area contributed by atoms with Gasteiger partial charge < -0.3 is 5.32 Å². The lowest BCUT2D eigenvalue weighted by atomic mass is 9.90. The van der Waals surface area contributed by atoms with Crippen LogP contribution in [-0.2, 0) is 12.8 Å². The van der Waals surface area contributed by atoms with E-state index in [-0.39, 0.29) is 0 Å². The number of nitrogens with one attached hydrogen (secondary N) is 1. The average Bonchev–Trinajstić information content (AvgIpc) is 3.18. The van der Waals surface area contributed by atoms with Crippen molar-refractivity contribution in [1.82, 2.24) is 14.7 Å². The number of hydrogen-bond acceptors (Lipinski definition) is 3. The van der Waals surface area contributed by atoms with Crippen molar-refractivity contribution >= 4 is 16.3 Å². The first-order valence-corrected chi connectivity index (χ1v) is 8.39. The van der Waals surface area contributed by atoms with Gasteiger partial charge in [0.05, 0.1) is 5.69 Å². The summed E-state index contributed by atoms with van der Waals surface area (Å²) in [4.78, 5) is 5.82. The van der Waals surface area contributed by atoms with Crippen molar-refractivity contribution in [2.45, 2.75) is 31.2 Å². The predicted octanol–water partition coefficient (Wildman–Crippen LogP) is 3.26. The van der Waals surface area contributed by atoms with Gasteiger partial charge in [0.25, 0.3) is 0 Å². The Morgan fingerprint density at radius 3 is 3.19 bits per heavy atom. The van der Waals surface area contributed by atoms with E-state index in [1.54, 1.807) is 11.3 Å². The Morgan fingerprint density at radius 1 is 1.43 bits per heavy atom. The van der Waals surface area contributed by atoms with Crippen LogP contribution >= 0.6 is 11.3 Å². The summed E-state index contributed by atoms with van der Waals surface area (Å²) in [5.74, 6) is 0.603. The van der Waals surface area contributed by atoms with E-state index in [2.05, 4.69) is 58.8 Å². The van der Waals surface area contributed by atoms with Gasteiger partial charge in [0.1, 0.15) is 0 Å². The molecule has 0 bridgehead atoms. The zero-order valence-electron chi connectivity index (χ0n) is 12.1. The lowest BCUT2D eigenvalue weighted by molar-refractivity contribution is 0.453. The third-order valence-electron chi connectivity index (χ3n) is 4.61. The zero-order valence-corrected chi connectivity index (χ0v) is 12.9. The number of fused-ring (bicyclic) bond motifs is 2. The van der Waals surface area contributed by atoms with Crippen LogP contribution in [0, 0.1) is 0 Å². The molecule has 0 amide bonds. The predicted molar refractivity (Wildman–Crippen MR) is 87.1 cm³/mol.